The van der Waals surface area contributed by atoms with E-state index < -0.39 is 11.3 Å². The number of rotatable bonds is 3. The topological polar surface area (TPSA) is 55.1 Å². The Hall–Kier alpha value is -0.740. The highest BCUT2D eigenvalue weighted by molar-refractivity contribution is 6.32. The van der Waals surface area contributed by atoms with Crippen LogP contribution in [0.1, 0.15) is 11.4 Å². The van der Waals surface area contributed by atoms with E-state index in [1.54, 1.807) is 13.8 Å². The molecule has 0 amide bonds. The van der Waals surface area contributed by atoms with Gasteiger partial charge in [-0.15, -0.1) is 11.6 Å². The third-order valence-corrected chi connectivity index (χ3v) is 2.77. The number of carboxylic acids is 1. The molecule has 0 aliphatic carbocycles. The highest BCUT2D eigenvalue weighted by atomic mass is 35.5. The molecule has 1 N–H and O–H groups in total. The molecule has 0 aromatic carbocycles. The van der Waals surface area contributed by atoms with Crippen LogP contribution < -0.4 is 0 Å². The van der Waals surface area contributed by atoms with E-state index in [9.17, 15) is 4.79 Å². The molecule has 14 heavy (non-hydrogen) atoms. The average Bonchev–Trinajstić information content (AvgIpc) is 2.33. The van der Waals surface area contributed by atoms with Gasteiger partial charge in [-0.1, -0.05) is 11.6 Å². The van der Waals surface area contributed by atoms with Crippen LogP contribution in [-0.2, 0) is 11.3 Å². The first-order valence-corrected chi connectivity index (χ1v) is 4.81. The maximum absolute atomic E-state index is 10.5. The maximum Gasteiger partial charge on any atom is 0.323 e. The van der Waals surface area contributed by atoms with Crippen molar-refractivity contribution in [3.05, 3.63) is 16.4 Å². The molecular formula is C8H10Cl2N2O2. The number of hydrogen-bond acceptors (Lipinski definition) is 2. The molecule has 6 heteroatoms. The molecular weight excluding hydrogens is 227 g/mol. The lowest BCUT2D eigenvalue weighted by molar-refractivity contribution is -0.136. The second-order valence-electron chi connectivity index (χ2n) is 2.97. The highest BCUT2D eigenvalue weighted by Gasteiger charge is 2.17. The number of nitrogens with zero attached hydrogens (tertiary/aromatic N) is 2. The zero-order valence-corrected chi connectivity index (χ0v) is 9.30. The molecule has 1 aromatic heterocycles. The predicted molar refractivity (Wildman–Crippen MR) is 54.0 cm³/mol. The smallest absolute Gasteiger partial charge is 0.323 e. The van der Waals surface area contributed by atoms with Gasteiger partial charge in [0.2, 0.25) is 0 Å². The summed E-state index contributed by atoms with van der Waals surface area (Å²) in [4.78, 5) is 10.5. The van der Waals surface area contributed by atoms with E-state index in [1.807, 2.05) is 0 Å². The van der Waals surface area contributed by atoms with Gasteiger partial charge in [-0.05, 0) is 13.8 Å². The molecule has 1 atom stereocenters. The molecule has 4 nitrogen and oxygen atoms in total. The molecule has 1 rings (SSSR count). The summed E-state index contributed by atoms with van der Waals surface area (Å²) >= 11 is 11.5. The Morgan fingerprint density at radius 2 is 2.21 bits per heavy atom. The Labute approximate surface area is 91.4 Å². The maximum atomic E-state index is 10.5. The number of carbonyl (C=O) groups is 1. The number of halogens is 2. The fourth-order valence-electron chi connectivity index (χ4n) is 1.08. The standard InChI is InChI=1S/C8H10Cl2N2O2/c1-4-7(10)5(2)12(11-4)3-6(9)8(13)14/h6H,3H2,1-2H3,(H,13,14). The van der Waals surface area contributed by atoms with Gasteiger partial charge in [0.25, 0.3) is 0 Å². The largest absolute Gasteiger partial charge is 0.480 e. The molecule has 78 valence electrons. The molecule has 1 aromatic rings. The van der Waals surface area contributed by atoms with Crippen molar-refractivity contribution in [1.82, 2.24) is 9.78 Å². The number of aromatic nitrogens is 2. The summed E-state index contributed by atoms with van der Waals surface area (Å²) in [6.07, 6.45) is 0. The van der Waals surface area contributed by atoms with E-state index in [0.29, 0.717) is 10.7 Å². The van der Waals surface area contributed by atoms with Crippen LogP contribution in [0.15, 0.2) is 0 Å². The second-order valence-corrected chi connectivity index (χ2v) is 3.88. The van der Waals surface area contributed by atoms with E-state index in [4.69, 9.17) is 28.3 Å². The van der Waals surface area contributed by atoms with Gasteiger partial charge in [0.1, 0.15) is 0 Å². The van der Waals surface area contributed by atoms with Crippen molar-refractivity contribution in [1.29, 1.82) is 0 Å². The molecule has 0 saturated heterocycles. The summed E-state index contributed by atoms with van der Waals surface area (Å²) in [6, 6.07) is 0. The predicted octanol–water partition coefficient (Wildman–Crippen LogP) is 1.85. The summed E-state index contributed by atoms with van der Waals surface area (Å²) in [6.45, 7) is 3.65. The van der Waals surface area contributed by atoms with Crippen molar-refractivity contribution in [2.24, 2.45) is 0 Å². The fraction of sp³-hybridized carbons (Fsp3) is 0.500. The first-order chi connectivity index (χ1) is 6.43. The summed E-state index contributed by atoms with van der Waals surface area (Å²) in [7, 11) is 0. The minimum absolute atomic E-state index is 0.121. The van der Waals surface area contributed by atoms with Crippen molar-refractivity contribution in [3.63, 3.8) is 0 Å². The number of carboxylic acid groups (broad SMARTS) is 1. The SMILES string of the molecule is Cc1nn(CC(Cl)C(=O)O)c(C)c1Cl. The Morgan fingerprint density at radius 3 is 2.57 bits per heavy atom. The Kier molecular flexibility index (Phi) is 3.39. The number of aliphatic carboxylic acids is 1. The van der Waals surface area contributed by atoms with Crippen molar-refractivity contribution in [2.75, 3.05) is 0 Å². The van der Waals surface area contributed by atoms with Gasteiger partial charge in [-0.2, -0.15) is 5.10 Å². The molecule has 0 spiro atoms. The summed E-state index contributed by atoms with van der Waals surface area (Å²) in [5, 5.41) is 12.2. The van der Waals surface area contributed by atoms with Crippen molar-refractivity contribution in [2.45, 2.75) is 25.8 Å². The minimum Gasteiger partial charge on any atom is -0.480 e. The van der Waals surface area contributed by atoms with Crippen LogP contribution in [-0.4, -0.2) is 26.2 Å². The van der Waals surface area contributed by atoms with E-state index >= 15 is 0 Å². The van der Waals surface area contributed by atoms with Crippen LogP contribution in [0.25, 0.3) is 0 Å². The van der Waals surface area contributed by atoms with Gasteiger partial charge in [0, 0.05) is 0 Å². The van der Waals surface area contributed by atoms with Gasteiger partial charge in [0.15, 0.2) is 5.38 Å². The van der Waals surface area contributed by atoms with Crippen LogP contribution in [0.2, 0.25) is 5.02 Å². The van der Waals surface area contributed by atoms with Crippen molar-refractivity contribution < 1.29 is 9.90 Å². The zero-order valence-electron chi connectivity index (χ0n) is 7.79. The summed E-state index contributed by atoms with van der Waals surface area (Å²) in [5.74, 6) is -1.06. The van der Waals surface area contributed by atoms with Crippen LogP contribution in [0.4, 0.5) is 0 Å². The van der Waals surface area contributed by atoms with Gasteiger partial charge in [-0.3, -0.25) is 9.48 Å². The third-order valence-electron chi connectivity index (χ3n) is 1.89. The number of hydrogen-bond donors (Lipinski definition) is 1. The first-order valence-electron chi connectivity index (χ1n) is 4.00. The van der Waals surface area contributed by atoms with E-state index in [-0.39, 0.29) is 6.54 Å². The van der Waals surface area contributed by atoms with E-state index in [2.05, 4.69) is 5.10 Å². The summed E-state index contributed by atoms with van der Waals surface area (Å²) < 4.78 is 1.50. The van der Waals surface area contributed by atoms with Gasteiger partial charge < -0.3 is 5.11 Å². The molecule has 0 aliphatic rings. The molecule has 0 fully saturated rings. The average molecular weight is 237 g/mol. The van der Waals surface area contributed by atoms with Crippen LogP contribution in [0.3, 0.4) is 0 Å². The van der Waals surface area contributed by atoms with E-state index in [1.165, 1.54) is 4.68 Å². The molecule has 0 saturated carbocycles. The summed E-state index contributed by atoms with van der Waals surface area (Å²) in [5.41, 5.74) is 1.41. The van der Waals surface area contributed by atoms with Crippen LogP contribution in [0, 0.1) is 13.8 Å². The fourth-order valence-corrected chi connectivity index (χ4v) is 1.35. The first kappa shape index (κ1) is 11.3. The lowest BCUT2D eigenvalue weighted by atomic mass is 10.4. The van der Waals surface area contributed by atoms with Gasteiger partial charge in [-0.25, -0.2) is 0 Å². The van der Waals surface area contributed by atoms with Crippen LogP contribution in [0.5, 0.6) is 0 Å². The zero-order chi connectivity index (χ0) is 10.9. The minimum atomic E-state index is -1.06. The Bertz CT molecular complexity index is 362. The number of aryl methyl sites for hydroxylation is 1. The lowest BCUT2D eigenvalue weighted by Gasteiger charge is -2.06. The molecule has 1 heterocycles. The van der Waals surface area contributed by atoms with E-state index in [0.717, 1.165) is 5.69 Å². The van der Waals surface area contributed by atoms with Crippen molar-refractivity contribution >= 4 is 29.2 Å². The van der Waals surface area contributed by atoms with Crippen LogP contribution >= 0.6 is 23.2 Å². The van der Waals surface area contributed by atoms with Gasteiger partial charge >= 0.3 is 5.97 Å². The monoisotopic (exact) mass is 236 g/mol. The molecule has 0 aliphatic heterocycles. The normalized spacial score (nSPS) is 12.9. The second kappa shape index (κ2) is 4.19. The van der Waals surface area contributed by atoms with Crippen molar-refractivity contribution in [3.8, 4) is 0 Å². The molecule has 0 bridgehead atoms. The van der Waals surface area contributed by atoms with Gasteiger partial charge in [0.05, 0.1) is 23.0 Å². The molecule has 0 radical (unpaired) electrons. The lowest BCUT2D eigenvalue weighted by Crippen LogP contribution is -2.21. The Balaban J connectivity index is 2.87. The third kappa shape index (κ3) is 2.19. The Morgan fingerprint density at radius 1 is 1.64 bits per heavy atom. The number of alkyl halides is 1. The quantitative estimate of drug-likeness (QED) is 0.816. The highest BCUT2D eigenvalue weighted by Crippen LogP contribution is 2.19. The molecule has 1 unspecified atom stereocenters.